The number of ether oxygens (including phenoxy) is 2. The lowest BCUT2D eigenvalue weighted by molar-refractivity contribution is -0.119. The van der Waals surface area contributed by atoms with E-state index in [9.17, 15) is 13.2 Å². The first-order chi connectivity index (χ1) is 16.5. The molecule has 1 N–H and O–H groups in total. The zero-order valence-electron chi connectivity index (χ0n) is 19.4. The lowest BCUT2D eigenvalue weighted by Crippen LogP contribution is -2.41. The first-order valence-corrected chi connectivity index (χ1v) is 12.6. The molecular weight excluding hydrogens is 452 g/mol. The molecule has 180 valence electrons. The molecule has 0 saturated heterocycles. The third-order valence-electron chi connectivity index (χ3n) is 5.18. The highest BCUT2D eigenvalue weighted by Crippen LogP contribution is 2.32. The number of hydrogen-bond acceptors (Lipinski definition) is 5. The highest BCUT2D eigenvalue weighted by atomic mass is 32.2. The van der Waals surface area contributed by atoms with Crippen LogP contribution in [0.15, 0.2) is 83.8 Å². The van der Waals surface area contributed by atoms with Gasteiger partial charge in [0.2, 0.25) is 5.91 Å². The van der Waals surface area contributed by atoms with Crippen molar-refractivity contribution in [3.05, 3.63) is 84.4 Å². The summed E-state index contributed by atoms with van der Waals surface area (Å²) in [7, 11) is -2.37. The minimum Gasteiger partial charge on any atom is -0.497 e. The Morgan fingerprint density at radius 1 is 0.941 bits per heavy atom. The van der Waals surface area contributed by atoms with Crippen LogP contribution < -0.4 is 19.1 Å². The number of para-hydroxylation sites is 2. The van der Waals surface area contributed by atoms with Gasteiger partial charge >= 0.3 is 0 Å². The molecule has 0 heterocycles. The fraction of sp³-hybridized carbons (Fsp3) is 0.269. The van der Waals surface area contributed by atoms with E-state index >= 15 is 0 Å². The number of aryl methyl sites for hydroxylation is 1. The minimum absolute atomic E-state index is 0.105. The van der Waals surface area contributed by atoms with Crippen molar-refractivity contribution >= 4 is 21.6 Å². The number of nitrogens with one attached hydrogen (secondary N) is 1. The Hall–Kier alpha value is -3.52. The van der Waals surface area contributed by atoms with Gasteiger partial charge in [-0.3, -0.25) is 9.10 Å². The molecule has 0 radical (unpaired) electrons. The number of anilines is 1. The summed E-state index contributed by atoms with van der Waals surface area (Å²) in [5, 5.41) is 2.84. The standard InChI is InChI=1S/C26H30N2O5S/c1-3-33-25-14-8-7-13-24(25)28(34(30,31)23-11-5-4-6-12-23)20-26(29)27-19-9-10-21-15-17-22(32-2)18-16-21/h4-8,11-18H,3,9-10,19-20H2,1-2H3,(H,27,29). The molecule has 3 aromatic carbocycles. The molecule has 0 saturated carbocycles. The van der Waals surface area contributed by atoms with Crippen LogP contribution in [0.1, 0.15) is 18.9 Å². The summed E-state index contributed by atoms with van der Waals surface area (Å²) in [4.78, 5) is 12.9. The van der Waals surface area contributed by atoms with Crippen molar-refractivity contribution in [2.24, 2.45) is 0 Å². The van der Waals surface area contributed by atoms with Crippen LogP contribution in [0.25, 0.3) is 0 Å². The highest BCUT2D eigenvalue weighted by molar-refractivity contribution is 7.92. The van der Waals surface area contributed by atoms with Gasteiger partial charge in [0.1, 0.15) is 18.0 Å². The zero-order chi connectivity index (χ0) is 24.4. The molecule has 8 heteroatoms. The second kappa shape index (κ2) is 12.1. The predicted molar refractivity (Wildman–Crippen MR) is 133 cm³/mol. The van der Waals surface area contributed by atoms with Crippen molar-refractivity contribution in [1.29, 1.82) is 0 Å². The van der Waals surface area contributed by atoms with Crippen molar-refractivity contribution in [3.8, 4) is 11.5 Å². The molecule has 0 aromatic heterocycles. The number of carbonyl (C=O) groups is 1. The minimum atomic E-state index is -3.99. The normalized spacial score (nSPS) is 11.0. The monoisotopic (exact) mass is 482 g/mol. The van der Waals surface area contributed by atoms with Crippen LogP contribution in [0.2, 0.25) is 0 Å². The lowest BCUT2D eigenvalue weighted by Gasteiger charge is -2.26. The Morgan fingerprint density at radius 2 is 1.62 bits per heavy atom. The largest absolute Gasteiger partial charge is 0.497 e. The second-order valence-corrected chi connectivity index (χ2v) is 9.39. The van der Waals surface area contributed by atoms with Crippen LogP contribution in [0, 0.1) is 0 Å². The number of benzene rings is 3. The lowest BCUT2D eigenvalue weighted by atomic mass is 10.1. The third-order valence-corrected chi connectivity index (χ3v) is 6.95. The van der Waals surface area contributed by atoms with Crippen LogP contribution in [0.4, 0.5) is 5.69 Å². The molecule has 0 aliphatic heterocycles. The van der Waals surface area contributed by atoms with E-state index < -0.39 is 10.0 Å². The first-order valence-electron chi connectivity index (χ1n) is 11.1. The molecule has 0 aliphatic rings. The number of nitrogens with zero attached hydrogens (tertiary/aromatic N) is 1. The molecule has 0 fully saturated rings. The van der Waals surface area contributed by atoms with Crippen molar-refractivity contribution in [3.63, 3.8) is 0 Å². The fourth-order valence-corrected chi connectivity index (χ4v) is 4.91. The van der Waals surface area contributed by atoms with Crippen molar-refractivity contribution in [2.75, 3.05) is 31.1 Å². The molecule has 0 unspecified atom stereocenters. The van der Waals surface area contributed by atoms with Crippen molar-refractivity contribution < 1.29 is 22.7 Å². The zero-order valence-corrected chi connectivity index (χ0v) is 20.3. The van der Waals surface area contributed by atoms with Gasteiger partial charge in [-0.15, -0.1) is 0 Å². The van der Waals surface area contributed by atoms with Gasteiger partial charge in [0.15, 0.2) is 0 Å². The Morgan fingerprint density at radius 3 is 2.29 bits per heavy atom. The summed E-state index contributed by atoms with van der Waals surface area (Å²) in [6.45, 7) is 2.26. The molecule has 3 rings (SSSR count). The Balaban J connectivity index is 1.72. The van der Waals surface area contributed by atoms with E-state index in [1.54, 1.807) is 49.6 Å². The van der Waals surface area contributed by atoms with E-state index in [1.165, 1.54) is 12.1 Å². The topological polar surface area (TPSA) is 84.9 Å². The number of hydrogen-bond donors (Lipinski definition) is 1. The number of amides is 1. The quantitative estimate of drug-likeness (QED) is 0.394. The van der Waals surface area contributed by atoms with Crippen LogP contribution in [-0.4, -0.2) is 41.1 Å². The van der Waals surface area contributed by atoms with Crippen LogP contribution in [0.5, 0.6) is 11.5 Å². The maximum atomic E-state index is 13.5. The molecule has 0 aliphatic carbocycles. The van der Waals surface area contributed by atoms with Crippen molar-refractivity contribution in [1.82, 2.24) is 5.32 Å². The SMILES string of the molecule is CCOc1ccccc1N(CC(=O)NCCCc1ccc(OC)cc1)S(=O)(=O)c1ccccc1. The van der Waals surface area contributed by atoms with E-state index in [2.05, 4.69) is 5.32 Å². The van der Waals surface area contributed by atoms with E-state index in [0.29, 0.717) is 24.6 Å². The van der Waals surface area contributed by atoms with E-state index in [-0.39, 0.29) is 17.3 Å². The number of carbonyl (C=O) groups excluding carboxylic acids is 1. The Labute approximate surface area is 201 Å². The fourth-order valence-electron chi connectivity index (χ4n) is 3.46. The number of rotatable bonds is 12. The maximum absolute atomic E-state index is 13.5. The highest BCUT2D eigenvalue weighted by Gasteiger charge is 2.29. The molecule has 0 bridgehead atoms. The summed E-state index contributed by atoms with van der Waals surface area (Å²) in [6, 6.07) is 22.7. The Kier molecular flexibility index (Phi) is 8.93. The first kappa shape index (κ1) is 25.1. The van der Waals surface area contributed by atoms with E-state index in [0.717, 1.165) is 28.5 Å². The summed E-state index contributed by atoms with van der Waals surface area (Å²) < 4.78 is 38.9. The van der Waals surface area contributed by atoms with Crippen LogP contribution >= 0.6 is 0 Å². The van der Waals surface area contributed by atoms with Gasteiger partial charge in [0.25, 0.3) is 10.0 Å². The molecule has 34 heavy (non-hydrogen) atoms. The third kappa shape index (κ3) is 6.51. The van der Waals surface area contributed by atoms with Gasteiger partial charge in [-0.25, -0.2) is 8.42 Å². The average Bonchev–Trinajstić information content (AvgIpc) is 2.87. The van der Waals surface area contributed by atoms with E-state index in [4.69, 9.17) is 9.47 Å². The Bertz CT molecular complexity index is 1170. The average molecular weight is 483 g/mol. The summed E-state index contributed by atoms with van der Waals surface area (Å²) in [6.07, 6.45) is 1.50. The maximum Gasteiger partial charge on any atom is 0.264 e. The van der Waals surface area contributed by atoms with Crippen molar-refractivity contribution in [2.45, 2.75) is 24.7 Å². The molecule has 0 spiro atoms. The second-order valence-electron chi connectivity index (χ2n) is 7.53. The number of methoxy groups -OCH3 is 1. The predicted octanol–water partition coefficient (Wildman–Crippen LogP) is 4.04. The van der Waals surface area contributed by atoms with Gasteiger partial charge in [-0.05, 0) is 61.7 Å². The molecular formula is C26H30N2O5S. The van der Waals surface area contributed by atoms with Crippen LogP contribution in [-0.2, 0) is 21.2 Å². The molecule has 1 amide bonds. The van der Waals surface area contributed by atoms with Gasteiger partial charge < -0.3 is 14.8 Å². The molecule has 0 atom stereocenters. The molecule has 7 nitrogen and oxygen atoms in total. The summed E-state index contributed by atoms with van der Waals surface area (Å²) >= 11 is 0. The van der Waals surface area contributed by atoms with Gasteiger partial charge in [0, 0.05) is 6.54 Å². The molecule has 3 aromatic rings. The summed E-state index contributed by atoms with van der Waals surface area (Å²) in [5.41, 5.74) is 1.45. The van der Waals surface area contributed by atoms with Gasteiger partial charge in [-0.2, -0.15) is 0 Å². The van der Waals surface area contributed by atoms with Gasteiger partial charge in [0.05, 0.1) is 24.3 Å². The number of sulfonamides is 1. The van der Waals surface area contributed by atoms with Gasteiger partial charge in [-0.1, -0.05) is 42.5 Å². The summed E-state index contributed by atoms with van der Waals surface area (Å²) in [5.74, 6) is 0.807. The van der Waals surface area contributed by atoms with Crippen LogP contribution in [0.3, 0.4) is 0 Å². The van der Waals surface area contributed by atoms with E-state index in [1.807, 2.05) is 31.2 Å². The smallest absolute Gasteiger partial charge is 0.264 e.